The zero-order valence-electron chi connectivity index (χ0n) is 16.1. The molecule has 0 N–H and O–H groups in total. The van der Waals surface area contributed by atoms with Gasteiger partial charge in [-0.3, -0.25) is 9.69 Å². The highest BCUT2D eigenvalue weighted by atomic mass is 32.1. The van der Waals surface area contributed by atoms with E-state index in [1.54, 1.807) is 11.3 Å². The first-order valence-electron chi connectivity index (χ1n) is 9.54. The number of aromatic nitrogens is 3. The van der Waals surface area contributed by atoms with Crippen molar-refractivity contribution in [2.75, 3.05) is 7.11 Å². The molecule has 0 spiro atoms. The van der Waals surface area contributed by atoms with Crippen molar-refractivity contribution in [3.05, 3.63) is 28.3 Å². The molecular formula is C19H26N4O3S. The predicted octanol–water partition coefficient (Wildman–Crippen LogP) is 2.86. The second-order valence-corrected chi connectivity index (χ2v) is 8.85. The lowest BCUT2D eigenvalue weighted by Gasteiger charge is -2.34. The zero-order valence-corrected chi connectivity index (χ0v) is 16.9. The van der Waals surface area contributed by atoms with Crippen LogP contribution in [0.2, 0.25) is 0 Å². The van der Waals surface area contributed by atoms with Gasteiger partial charge in [-0.1, -0.05) is 19.0 Å². The minimum atomic E-state index is -0.532. The lowest BCUT2D eigenvalue weighted by molar-refractivity contribution is -0.155. The number of nitrogens with zero attached hydrogens (tertiary/aromatic N) is 4. The lowest BCUT2D eigenvalue weighted by atomic mass is 9.71. The molecule has 0 unspecified atom stereocenters. The number of carbonyl (C=O) groups is 1. The number of methoxy groups -OCH3 is 1. The van der Waals surface area contributed by atoms with Crippen molar-refractivity contribution >= 4 is 17.3 Å². The van der Waals surface area contributed by atoms with E-state index in [2.05, 4.69) is 33.9 Å². The van der Waals surface area contributed by atoms with Gasteiger partial charge in [-0.05, 0) is 25.2 Å². The number of hydrogen-bond acceptors (Lipinski definition) is 8. The van der Waals surface area contributed by atoms with Crippen LogP contribution in [0.15, 0.2) is 15.4 Å². The number of thiazole rings is 1. The van der Waals surface area contributed by atoms with E-state index in [9.17, 15) is 4.79 Å². The van der Waals surface area contributed by atoms with Gasteiger partial charge >= 0.3 is 5.97 Å². The van der Waals surface area contributed by atoms with Crippen LogP contribution in [0.25, 0.3) is 0 Å². The normalized spacial score (nSPS) is 27.6. The summed E-state index contributed by atoms with van der Waals surface area (Å²) >= 11 is 1.56. The molecule has 0 radical (unpaired) electrons. The smallest absolute Gasteiger partial charge is 0.313 e. The van der Waals surface area contributed by atoms with Crippen LogP contribution in [0.5, 0.6) is 0 Å². The van der Waals surface area contributed by atoms with Crippen molar-refractivity contribution in [3.63, 3.8) is 0 Å². The van der Waals surface area contributed by atoms with Gasteiger partial charge < -0.3 is 9.26 Å². The lowest BCUT2D eigenvalue weighted by Crippen LogP contribution is -2.45. The molecule has 2 aromatic rings. The molecule has 2 fully saturated rings. The summed E-state index contributed by atoms with van der Waals surface area (Å²) in [5.74, 6) is 1.75. The maximum atomic E-state index is 12.9. The molecule has 27 heavy (non-hydrogen) atoms. The van der Waals surface area contributed by atoms with E-state index in [4.69, 9.17) is 9.26 Å². The molecule has 7 nitrogen and oxygen atoms in total. The van der Waals surface area contributed by atoms with Gasteiger partial charge in [0.1, 0.15) is 0 Å². The summed E-state index contributed by atoms with van der Waals surface area (Å²) in [5, 5.41) is 6.19. The van der Waals surface area contributed by atoms with Crippen LogP contribution in [0, 0.1) is 11.3 Å². The first kappa shape index (κ1) is 18.6. The minimum absolute atomic E-state index is 0.124. The monoisotopic (exact) mass is 390 g/mol. The van der Waals surface area contributed by atoms with Crippen LogP contribution < -0.4 is 0 Å². The molecule has 2 aliphatic heterocycles. The number of esters is 1. The van der Waals surface area contributed by atoms with E-state index in [0.29, 0.717) is 36.6 Å². The van der Waals surface area contributed by atoms with E-state index in [1.165, 1.54) is 7.11 Å². The molecule has 2 aromatic heterocycles. The van der Waals surface area contributed by atoms with Crippen LogP contribution in [-0.2, 0) is 28.9 Å². The van der Waals surface area contributed by atoms with Gasteiger partial charge in [0.05, 0.1) is 30.3 Å². The highest BCUT2D eigenvalue weighted by molar-refractivity contribution is 7.07. The third-order valence-corrected chi connectivity index (χ3v) is 6.50. The van der Waals surface area contributed by atoms with E-state index < -0.39 is 5.41 Å². The topological polar surface area (TPSA) is 81.4 Å². The van der Waals surface area contributed by atoms with Crippen molar-refractivity contribution in [3.8, 4) is 0 Å². The number of fused-ring (bicyclic) bond motifs is 2. The fourth-order valence-electron chi connectivity index (χ4n) is 4.83. The Morgan fingerprint density at radius 3 is 3.04 bits per heavy atom. The van der Waals surface area contributed by atoms with E-state index in [1.807, 2.05) is 10.9 Å². The molecule has 146 valence electrons. The second-order valence-electron chi connectivity index (χ2n) is 8.13. The molecule has 8 heteroatoms. The SMILES string of the molecule is COC(=O)[C@@]1(Cc2cscn2)C[C@H]2CC[C@@H]1N2Cc1noc(CC(C)C)n1. The van der Waals surface area contributed by atoms with Crippen molar-refractivity contribution in [1.82, 2.24) is 20.0 Å². The first-order valence-corrected chi connectivity index (χ1v) is 10.5. The predicted molar refractivity (Wildman–Crippen MR) is 100 cm³/mol. The van der Waals surface area contributed by atoms with Crippen molar-refractivity contribution < 1.29 is 14.1 Å². The number of carbonyl (C=O) groups excluding carboxylic acids is 1. The second kappa shape index (κ2) is 7.31. The van der Waals surface area contributed by atoms with E-state index in [-0.39, 0.29) is 12.0 Å². The molecular weight excluding hydrogens is 364 g/mol. The molecule has 2 bridgehead atoms. The standard InChI is InChI=1S/C19H26N4O3S/c1-12(2)6-17-21-16(22-26-17)9-23-14-4-5-15(23)19(8-14,18(24)25-3)7-13-10-27-11-20-13/h10-12,14-15H,4-9H2,1-3H3/t14-,15+,19+/m1/s1. The highest BCUT2D eigenvalue weighted by Gasteiger charge is 2.60. The fraction of sp³-hybridized carbons (Fsp3) is 0.684. The Bertz CT molecular complexity index is 791. The van der Waals surface area contributed by atoms with Crippen LogP contribution in [0.1, 0.15) is 50.5 Å². The summed E-state index contributed by atoms with van der Waals surface area (Å²) in [5.41, 5.74) is 2.26. The Hall–Kier alpha value is -1.80. The Labute approximate surface area is 163 Å². The van der Waals surface area contributed by atoms with Crippen LogP contribution >= 0.6 is 11.3 Å². The van der Waals surface area contributed by atoms with Crippen molar-refractivity contribution in [2.45, 2.75) is 64.6 Å². The van der Waals surface area contributed by atoms with E-state index in [0.717, 1.165) is 31.4 Å². The van der Waals surface area contributed by atoms with Crippen molar-refractivity contribution in [1.29, 1.82) is 0 Å². The number of rotatable bonds is 7. The first-order chi connectivity index (χ1) is 13.0. The third kappa shape index (κ3) is 3.40. The van der Waals surface area contributed by atoms with Crippen molar-refractivity contribution in [2.24, 2.45) is 11.3 Å². The Morgan fingerprint density at radius 1 is 1.48 bits per heavy atom. The minimum Gasteiger partial charge on any atom is -0.469 e. The average molecular weight is 391 g/mol. The molecule has 4 heterocycles. The molecule has 0 aliphatic carbocycles. The summed E-state index contributed by atoms with van der Waals surface area (Å²) in [4.78, 5) is 24.2. The number of ether oxygens (including phenoxy) is 1. The molecule has 4 rings (SSSR count). The van der Waals surface area contributed by atoms with Gasteiger partial charge in [0.15, 0.2) is 5.82 Å². The quantitative estimate of drug-likeness (QED) is 0.672. The molecule has 2 aliphatic rings. The molecule has 0 saturated carbocycles. The maximum Gasteiger partial charge on any atom is 0.313 e. The summed E-state index contributed by atoms with van der Waals surface area (Å²) in [7, 11) is 1.48. The number of hydrogen-bond donors (Lipinski definition) is 0. The van der Waals surface area contributed by atoms with Gasteiger partial charge in [-0.15, -0.1) is 11.3 Å². The molecule has 0 aromatic carbocycles. The van der Waals surface area contributed by atoms with E-state index >= 15 is 0 Å². The largest absolute Gasteiger partial charge is 0.469 e. The summed E-state index contributed by atoms with van der Waals surface area (Å²) in [6.07, 6.45) is 4.30. The summed E-state index contributed by atoms with van der Waals surface area (Å²) in [6.45, 7) is 4.88. The molecule has 2 saturated heterocycles. The Morgan fingerprint density at radius 2 is 2.33 bits per heavy atom. The molecule has 3 atom stereocenters. The Kier molecular flexibility index (Phi) is 5.03. The Balaban J connectivity index is 1.55. The van der Waals surface area contributed by atoms with Gasteiger partial charge in [-0.2, -0.15) is 4.98 Å². The third-order valence-electron chi connectivity index (χ3n) is 5.87. The molecule has 0 amide bonds. The van der Waals surface area contributed by atoms with Gasteiger partial charge in [-0.25, -0.2) is 4.98 Å². The highest BCUT2D eigenvalue weighted by Crippen LogP contribution is 2.52. The fourth-order valence-corrected chi connectivity index (χ4v) is 5.39. The van der Waals surface area contributed by atoms with Gasteiger partial charge in [0.25, 0.3) is 0 Å². The van der Waals surface area contributed by atoms with Gasteiger partial charge in [0, 0.05) is 30.3 Å². The van der Waals surface area contributed by atoms with Gasteiger partial charge in [0.2, 0.25) is 5.89 Å². The summed E-state index contributed by atoms with van der Waals surface area (Å²) < 4.78 is 10.6. The van der Waals surface area contributed by atoms with Crippen LogP contribution in [0.3, 0.4) is 0 Å². The van der Waals surface area contributed by atoms with Crippen LogP contribution in [0.4, 0.5) is 0 Å². The van der Waals surface area contributed by atoms with Crippen LogP contribution in [-0.4, -0.2) is 45.2 Å². The summed E-state index contributed by atoms with van der Waals surface area (Å²) in [6, 6.07) is 0.475. The maximum absolute atomic E-state index is 12.9. The zero-order chi connectivity index (χ0) is 19.0. The average Bonchev–Trinajstić information content (AvgIpc) is 3.41.